The molecule has 0 fully saturated rings. The number of aromatic amines is 1. The number of nitrogens with one attached hydrogen (secondary N) is 3. The first kappa shape index (κ1) is 16.7. The molecule has 134 valence electrons. The van der Waals surface area contributed by atoms with E-state index in [1.807, 2.05) is 42.5 Å². The minimum atomic E-state index is -0.281. The maximum absolute atomic E-state index is 12.1. The van der Waals surface area contributed by atoms with Crippen LogP contribution in [-0.4, -0.2) is 32.7 Å². The van der Waals surface area contributed by atoms with Gasteiger partial charge >= 0.3 is 6.03 Å². The number of carbonyl (C=O) groups is 1. The fourth-order valence-electron chi connectivity index (χ4n) is 2.77. The highest BCUT2D eigenvalue weighted by Crippen LogP contribution is 2.21. The minimum Gasteiger partial charge on any atom is -0.337 e. The van der Waals surface area contributed by atoms with E-state index in [-0.39, 0.29) is 6.03 Å². The summed E-state index contributed by atoms with van der Waals surface area (Å²) in [6.45, 7) is 0.551. The van der Waals surface area contributed by atoms with Gasteiger partial charge in [0.25, 0.3) is 0 Å². The number of fused-ring (bicyclic) bond motifs is 1. The van der Waals surface area contributed by atoms with Crippen molar-refractivity contribution in [1.29, 1.82) is 0 Å². The van der Waals surface area contributed by atoms with Gasteiger partial charge in [0.2, 0.25) is 0 Å². The lowest BCUT2D eigenvalue weighted by Crippen LogP contribution is -2.30. The van der Waals surface area contributed by atoms with Crippen molar-refractivity contribution in [3.63, 3.8) is 0 Å². The highest BCUT2D eigenvalue weighted by molar-refractivity contribution is 5.90. The molecule has 3 N–H and O–H groups in total. The third kappa shape index (κ3) is 4.09. The Kier molecular flexibility index (Phi) is 4.74. The molecule has 1 aromatic carbocycles. The van der Waals surface area contributed by atoms with E-state index >= 15 is 0 Å². The molecule has 27 heavy (non-hydrogen) atoms. The van der Waals surface area contributed by atoms with Crippen molar-refractivity contribution in [1.82, 2.24) is 25.5 Å². The fourth-order valence-corrected chi connectivity index (χ4v) is 2.77. The van der Waals surface area contributed by atoms with E-state index in [1.54, 1.807) is 24.7 Å². The number of aromatic nitrogens is 4. The monoisotopic (exact) mass is 358 g/mol. The van der Waals surface area contributed by atoms with Crippen LogP contribution in [0.25, 0.3) is 22.2 Å². The third-order valence-corrected chi connectivity index (χ3v) is 4.15. The van der Waals surface area contributed by atoms with Crippen molar-refractivity contribution in [2.24, 2.45) is 0 Å². The van der Waals surface area contributed by atoms with Crippen molar-refractivity contribution in [3.05, 3.63) is 72.7 Å². The van der Waals surface area contributed by atoms with Gasteiger partial charge in [-0.15, -0.1) is 0 Å². The zero-order valence-electron chi connectivity index (χ0n) is 14.5. The first-order chi connectivity index (χ1) is 13.3. The molecule has 0 aliphatic carbocycles. The molecule has 0 bridgehead atoms. The Morgan fingerprint density at radius 3 is 2.70 bits per heavy atom. The van der Waals surface area contributed by atoms with Gasteiger partial charge < -0.3 is 5.32 Å². The SMILES string of the molecule is O=C(NCCc1ccccc1)Nc1ccc2ncc(-c3cn[nH]c3)cc2n1. The summed E-state index contributed by atoms with van der Waals surface area (Å²) in [5.41, 5.74) is 4.49. The molecular weight excluding hydrogens is 340 g/mol. The van der Waals surface area contributed by atoms with Crippen LogP contribution in [0.4, 0.5) is 10.6 Å². The number of rotatable bonds is 5. The number of hydrogen-bond donors (Lipinski definition) is 3. The summed E-state index contributed by atoms with van der Waals surface area (Å²) in [7, 11) is 0. The van der Waals surface area contributed by atoms with Gasteiger partial charge in [-0.05, 0) is 30.2 Å². The van der Waals surface area contributed by atoms with Crippen molar-refractivity contribution in [2.45, 2.75) is 6.42 Å². The van der Waals surface area contributed by atoms with Crippen molar-refractivity contribution >= 4 is 22.9 Å². The molecule has 0 aliphatic heterocycles. The molecule has 4 rings (SSSR count). The number of benzene rings is 1. The van der Waals surface area contributed by atoms with Gasteiger partial charge in [0.15, 0.2) is 0 Å². The van der Waals surface area contributed by atoms with Crippen molar-refractivity contribution < 1.29 is 4.79 Å². The topological polar surface area (TPSA) is 95.6 Å². The van der Waals surface area contributed by atoms with E-state index in [2.05, 4.69) is 30.8 Å². The highest BCUT2D eigenvalue weighted by atomic mass is 16.2. The van der Waals surface area contributed by atoms with Crippen LogP contribution in [0.3, 0.4) is 0 Å². The number of amides is 2. The summed E-state index contributed by atoms with van der Waals surface area (Å²) in [5.74, 6) is 0.478. The first-order valence-corrected chi connectivity index (χ1v) is 8.63. The normalized spacial score (nSPS) is 10.7. The van der Waals surface area contributed by atoms with Gasteiger partial charge in [-0.2, -0.15) is 5.10 Å². The number of carbonyl (C=O) groups excluding carboxylic acids is 1. The molecule has 0 aliphatic rings. The highest BCUT2D eigenvalue weighted by Gasteiger charge is 2.06. The lowest BCUT2D eigenvalue weighted by molar-refractivity contribution is 0.252. The predicted octanol–water partition coefficient (Wildman–Crippen LogP) is 3.38. The number of pyridine rings is 2. The predicted molar refractivity (Wildman–Crippen MR) is 104 cm³/mol. The van der Waals surface area contributed by atoms with Crippen LogP contribution in [0.5, 0.6) is 0 Å². The molecule has 4 aromatic rings. The van der Waals surface area contributed by atoms with Crippen LogP contribution in [0.1, 0.15) is 5.56 Å². The molecule has 0 atom stereocenters. The van der Waals surface area contributed by atoms with E-state index in [1.165, 1.54) is 5.56 Å². The zero-order valence-corrected chi connectivity index (χ0v) is 14.5. The van der Waals surface area contributed by atoms with Crippen LogP contribution in [0.15, 0.2) is 67.1 Å². The van der Waals surface area contributed by atoms with Gasteiger partial charge in [-0.3, -0.25) is 15.4 Å². The summed E-state index contributed by atoms with van der Waals surface area (Å²) in [6, 6.07) is 15.2. The molecule has 0 saturated heterocycles. The smallest absolute Gasteiger partial charge is 0.320 e. The summed E-state index contributed by atoms with van der Waals surface area (Å²) in [6.07, 6.45) is 6.08. The van der Waals surface area contributed by atoms with E-state index in [0.717, 1.165) is 23.1 Å². The van der Waals surface area contributed by atoms with E-state index in [0.29, 0.717) is 17.9 Å². The Labute approximate surface area is 155 Å². The molecular formula is C20H18N6O. The lowest BCUT2D eigenvalue weighted by Gasteiger charge is -2.08. The Hall–Kier alpha value is -3.74. The Morgan fingerprint density at radius 2 is 1.89 bits per heavy atom. The summed E-state index contributed by atoms with van der Waals surface area (Å²) >= 11 is 0. The van der Waals surface area contributed by atoms with E-state index in [9.17, 15) is 4.79 Å². The molecule has 0 saturated carbocycles. The largest absolute Gasteiger partial charge is 0.337 e. The standard InChI is InChI=1S/C20H18N6O/c27-20(21-9-8-14-4-2-1-3-5-14)26-19-7-6-17-18(25-19)10-15(11-22-17)16-12-23-24-13-16/h1-7,10-13H,8-9H2,(H,23,24)(H2,21,25,26,27). The molecule has 3 heterocycles. The Balaban J connectivity index is 1.41. The quantitative estimate of drug-likeness (QED) is 0.509. The third-order valence-electron chi connectivity index (χ3n) is 4.15. The van der Waals surface area contributed by atoms with Crippen molar-refractivity contribution in [2.75, 3.05) is 11.9 Å². The van der Waals surface area contributed by atoms with Crippen LogP contribution in [0.2, 0.25) is 0 Å². The lowest BCUT2D eigenvalue weighted by atomic mass is 10.1. The van der Waals surface area contributed by atoms with Crippen LogP contribution >= 0.6 is 0 Å². The van der Waals surface area contributed by atoms with Crippen molar-refractivity contribution in [3.8, 4) is 11.1 Å². The molecule has 0 spiro atoms. The zero-order chi connectivity index (χ0) is 18.5. The number of H-pyrrole nitrogens is 1. The van der Waals surface area contributed by atoms with Gasteiger partial charge in [-0.1, -0.05) is 30.3 Å². The second-order valence-corrected chi connectivity index (χ2v) is 6.06. The Morgan fingerprint density at radius 1 is 1.00 bits per heavy atom. The second kappa shape index (κ2) is 7.65. The van der Waals surface area contributed by atoms with Crippen LogP contribution in [-0.2, 0) is 6.42 Å². The minimum absolute atomic E-state index is 0.281. The number of hydrogen-bond acceptors (Lipinski definition) is 4. The van der Waals surface area contributed by atoms with Gasteiger partial charge in [-0.25, -0.2) is 9.78 Å². The maximum Gasteiger partial charge on any atom is 0.320 e. The molecule has 0 unspecified atom stereocenters. The first-order valence-electron chi connectivity index (χ1n) is 8.63. The summed E-state index contributed by atoms with van der Waals surface area (Å²) in [4.78, 5) is 21.0. The van der Waals surface area contributed by atoms with Gasteiger partial charge in [0.05, 0.1) is 17.2 Å². The average molecular weight is 358 g/mol. The fraction of sp³-hybridized carbons (Fsp3) is 0.100. The van der Waals surface area contributed by atoms with Gasteiger partial charge in [0.1, 0.15) is 5.82 Å². The molecule has 0 radical (unpaired) electrons. The molecule has 2 amide bonds. The molecule has 3 aromatic heterocycles. The van der Waals surface area contributed by atoms with Crippen LogP contribution < -0.4 is 10.6 Å². The van der Waals surface area contributed by atoms with E-state index in [4.69, 9.17) is 0 Å². The molecule has 7 heteroatoms. The average Bonchev–Trinajstić information content (AvgIpc) is 3.23. The number of urea groups is 1. The van der Waals surface area contributed by atoms with Crippen LogP contribution in [0, 0.1) is 0 Å². The second-order valence-electron chi connectivity index (χ2n) is 6.06. The summed E-state index contributed by atoms with van der Waals surface area (Å²) in [5, 5.41) is 12.3. The molecule has 7 nitrogen and oxygen atoms in total. The number of nitrogens with zero attached hydrogens (tertiary/aromatic N) is 3. The van der Waals surface area contributed by atoms with Gasteiger partial charge in [0, 0.05) is 30.1 Å². The number of anilines is 1. The maximum atomic E-state index is 12.1. The Bertz CT molecular complexity index is 1050. The summed E-state index contributed by atoms with van der Waals surface area (Å²) < 4.78 is 0. The van der Waals surface area contributed by atoms with E-state index < -0.39 is 0 Å².